The van der Waals surface area contributed by atoms with Gasteiger partial charge in [0.1, 0.15) is 0 Å². The van der Waals surface area contributed by atoms with Crippen molar-refractivity contribution in [3.8, 4) is 0 Å². The van der Waals surface area contributed by atoms with Gasteiger partial charge in [0.2, 0.25) is 0 Å². The van der Waals surface area contributed by atoms with Gasteiger partial charge in [-0.05, 0) is 11.1 Å². The maximum Gasteiger partial charge on any atom is 0.00845 e. The van der Waals surface area contributed by atoms with Gasteiger partial charge in [0.25, 0.3) is 0 Å². The van der Waals surface area contributed by atoms with Crippen molar-refractivity contribution in [1.29, 1.82) is 0 Å². The van der Waals surface area contributed by atoms with Crippen LogP contribution in [0.1, 0.15) is 52.7 Å². The predicted octanol–water partition coefficient (Wildman–Crippen LogP) is 5.04. The molecule has 0 nitrogen and oxygen atoms in total. The molecule has 0 radical (unpaired) electrons. The fourth-order valence-corrected chi connectivity index (χ4v) is 1.62. The lowest BCUT2D eigenvalue weighted by Crippen LogP contribution is -2.10. The van der Waals surface area contributed by atoms with Crippen LogP contribution < -0.4 is 0 Å². The molecule has 0 heteroatoms. The molecular weight excluding hydrogens is 180 g/mol. The van der Waals surface area contributed by atoms with Crippen LogP contribution in [0.5, 0.6) is 0 Å². The van der Waals surface area contributed by atoms with Crippen molar-refractivity contribution in [2.24, 2.45) is 0 Å². The molecule has 2 rings (SSSR count). The van der Waals surface area contributed by atoms with Gasteiger partial charge < -0.3 is 0 Å². The summed E-state index contributed by atoms with van der Waals surface area (Å²) in [6.07, 6.45) is 4.47. The van der Waals surface area contributed by atoms with Crippen LogP contribution >= 0.6 is 0 Å². The van der Waals surface area contributed by atoms with Crippen LogP contribution in [-0.2, 0) is 5.41 Å². The van der Waals surface area contributed by atoms with E-state index in [-0.39, 0.29) is 5.41 Å². The Morgan fingerprint density at radius 3 is 1.93 bits per heavy atom. The normalized spacial score (nSPS) is 14.3. The summed E-state index contributed by atoms with van der Waals surface area (Å²) in [4.78, 5) is 0. The van der Waals surface area contributed by atoms with Crippen molar-refractivity contribution in [1.82, 2.24) is 0 Å². The third-order valence-electron chi connectivity index (χ3n) is 2.33. The molecule has 0 unspecified atom stereocenters. The minimum absolute atomic E-state index is 0.247. The third kappa shape index (κ3) is 3.23. The van der Waals surface area contributed by atoms with Gasteiger partial charge in [-0.1, -0.05) is 78.0 Å². The zero-order valence-corrected chi connectivity index (χ0v) is 11.0. The number of benzene rings is 1. The molecular formula is C15H24. The number of rotatable bonds is 0. The smallest absolute Gasteiger partial charge is 0.00845 e. The summed E-state index contributed by atoms with van der Waals surface area (Å²) >= 11 is 0. The van der Waals surface area contributed by atoms with E-state index < -0.39 is 0 Å². The highest BCUT2D eigenvalue weighted by Crippen LogP contribution is 2.34. The highest BCUT2D eigenvalue weighted by Gasteiger charge is 2.23. The van der Waals surface area contributed by atoms with E-state index in [4.69, 9.17) is 0 Å². The summed E-state index contributed by atoms with van der Waals surface area (Å²) in [7, 11) is 0. The van der Waals surface area contributed by atoms with Crippen LogP contribution in [0.4, 0.5) is 0 Å². The monoisotopic (exact) mass is 204 g/mol. The molecule has 0 saturated carbocycles. The topological polar surface area (TPSA) is 0 Å². The molecule has 0 N–H and O–H groups in total. The second-order valence-corrected chi connectivity index (χ2v) is 3.64. The summed E-state index contributed by atoms with van der Waals surface area (Å²) in [6.45, 7) is 12.5. The minimum atomic E-state index is 0.247. The van der Waals surface area contributed by atoms with Crippen LogP contribution in [0.3, 0.4) is 0 Å². The summed E-state index contributed by atoms with van der Waals surface area (Å²) in [5, 5.41) is 0. The van der Waals surface area contributed by atoms with Crippen molar-refractivity contribution in [3.05, 3.63) is 41.5 Å². The summed E-state index contributed by atoms with van der Waals surface area (Å²) in [6, 6.07) is 8.56. The fourth-order valence-electron chi connectivity index (χ4n) is 1.62. The standard InChI is InChI=1S/C11H12.2C2H6/c1-11(2)8-7-9-5-3-4-6-10(9)11;2*1-2/h3-8H,1-2H3;2*1-2H3. The number of hydrogen-bond donors (Lipinski definition) is 0. The van der Waals surface area contributed by atoms with Crippen molar-refractivity contribution in [2.45, 2.75) is 47.0 Å². The van der Waals surface area contributed by atoms with Crippen LogP contribution in [0.25, 0.3) is 6.08 Å². The van der Waals surface area contributed by atoms with E-state index in [2.05, 4.69) is 50.3 Å². The first-order chi connectivity index (χ1) is 7.20. The summed E-state index contributed by atoms with van der Waals surface area (Å²) < 4.78 is 0. The average Bonchev–Trinajstić information content (AvgIpc) is 2.62. The third-order valence-corrected chi connectivity index (χ3v) is 2.33. The van der Waals surface area contributed by atoms with Gasteiger partial charge in [-0.25, -0.2) is 0 Å². The zero-order chi connectivity index (χ0) is 11.9. The van der Waals surface area contributed by atoms with Crippen LogP contribution in [0.2, 0.25) is 0 Å². The Kier molecular flexibility index (Phi) is 6.00. The molecule has 0 bridgehead atoms. The first-order valence-electron chi connectivity index (χ1n) is 5.99. The Bertz CT molecular complexity index is 306. The predicted molar refractivity (Wildman–Crippen MR) is 71.2 cm³/mol. The van der Waals surface area contributed by atoms with Gasteiger partial charge >= 0.3 is 0 Å². The second-order valence-electron chi connectivity index (χ2n) is 3.64. The van der Waals surface area contributed by atoms with Crippen molar-refractivity contribution in [3.63, 3.8) is 0 Å². The molecule has 0 spiro atoms. The Morgan fingerprint density at radius 2 is 1.40 bits per heavy atom. The van der Waals surface area contributed by atoms with Gasteiger partial charge in [-0.15, -0.1) is 0 Å². The highest BCUT2D eigenvalue weighted by atomic mass is 14.3. The molecule has 0 fully saturated rings. The van der Waals surface area contributed by atoms with Crippen molar-refractivity contribution >= 4 is 6.08 Å². The fraction of sp³-hybridized carbons (Fsp3) is 0.467. The Hall–Kier alpha value is -1.04. The Morgan fingerprint density at radius 1 is 0.867 bits per heavy atom. The maximum atomic E-state index is 2.26. The molecule has 1 aromatic rings. The van der Waals surface area contributed by atoms with Crippen LogP contribution in [0.15, 0.2) is 30.3 Å². The lowest BCUT2D eigenvalue weighted by Gasteiger charge is -2.16. The first-order valence-corrected chi connectivity index (χ1v) is 5.99. The molecule has 0 saturated heterocycles. The van der Waals surface area contributed by atoms with Crippen molar-refractivity contribution in [2.75, 3.05) is 0 Å². The highest BCUT2D eigenvalue weighted by molar-refractivity contribution is 5.64. The van der Waals surface area contributed by atoms with Gasteiger partial charge in [0.05, 0.1) is 0 Å². The average molecular weight is 204 g/mol. The minimum Gasteiger partial charge on any atom is -0.0739 e. The zero-order valence-electron chi connectivity index (χ0n) is 11.0. The van der Waals surface area contributed by atoms with E-state index in [1.165, 1.54) is 11.1 Å². The van der Waals surface area contributed by atoms with E-state index >= 15 is 0 Å². The van der Waals surface area contributed by atoms with Crippen molar-refractivity contribution < 1.29 is 0 Å². The van der Waals surface area contributed by atoms with Gasteiger partial charge in [-0.3, -0.25) is 0 Å². The molecule has 0 amide bonds. The van der Waals surface area contributed by atoms with Gasteiger partial charge in [0.15, 0.2) is 0 Å². The lowest BCUT2D eigenvalue weighted by molar-refractivity contribution is 0.683. The quantitative estimate of drug-likeness (QED) is 0.555. The first kappa shape index (κ1) is 14.0. The largest absolute Gasteiger partial charge is 0.0739 e. The molecule has 1 aliphatic rings. The molecule has 1 aliphatic carbocycles. The Labute approximate surface area is 95.0 Å². The van der Waals surface area contributed by atoms with E-state index in [0.29, 0.717) is 0 Å². The second kappa shape index (κ2) is 6.44. The van der Waals surface area contributed by atoms with E-state index in [1.807, 2.05) is 27.7 Å². The summed E-state index contributed by atoms with van der Waals surface area (Å²) in [5.74, 6) is 0. The molecule has 0 aromatic heterocycles. The van der Waals surface area contributed by atoms with E-state index in [9.17, 15) is 0 Å². The molecule has 0 heterocycles. The molecule has 0 aliphatic heterocycles. The molecule has 0 atom stereocenters. The molecule has 1 aromatic carbocycles. The number of allylic oxidation sites excluding steroid dienone is 1. The van der Waals surface area contributed by atoms with E-state index in [1.54, 1.807) is 0 Å². The number of hydrogen-bond acceptors (Lipinski definition) is 0. The maximum absolute atomic E-state index is 2.26. The van der Waals surface area contributed by atoms with Crippen LogP contribution in [-0.4, -0.2) is 0 Å². The Balaban J connectivity index is 0.000000442. The SMILES string of the molecule is CC.CC.CC1(C)C=Cc2ccccc21. The van der Waals surface area contributed by atoms with E-state index in [0.717, 1.165) is 0 Å². The molecule has 15 heavy (non-hydrogen) atoms. The van der Waals surface area contributed by atoms with Crippen LogP contribution in [0, 0.1) is 0 Å². The van der Waals surface area contributed by atoms with Gasteiger partial charge in [-0.2, -0.15) is 0 Å². The summed E-state index contributed by atoms with van der Waals surface area (Å²) in [5.41, 5.74) is 3.06. The lowest BCUT2D eigenvalue weighted by atomic mass is 9.87. The number of fused-ring (bicyclic) bond motifs is 1. The molecule has 84 valence electrons. The van der Waals surface area contributed by atoms with Gasteiger partial charge in [0, 0.05) is 5.41 Å².